The molecule has 43 heavy (non-hydrogen) atoms. The average Bonchev–Trinajstić information content (AvgIpc) is 2.99. The lowest BCUT2D eigenvalue weighted by Gasteiger charge is -2.35. The third-order valence-electron chi connectivity index (χ3n) is 7.32. The van der Waals surface area contributed by atoms with E-state index in [1.54, 1.807) is 27.7 Å². The number of methoxy groups -OCH3 is 1. The van der Waals surface area contributed by atoms with Crippen LogP contribution >= 0.6 is 0 Å². The Morgan fingerprint density at radius 2 is 1.63 bits per heavy atom. The minimum absolute atomic E-state index is 0.0973. The molecular weight excluding hydrogens is 552 g/mol. The lowest BCUT2D eigenvalue weighted by atomic mass is 9.87. The summed E-state index contributed by atoms with van der Waals surface area (Å²) in [6.07, 6.45) is 0.576. The molecule has 0 spiro atoms. The number of carbonyl (C=O) groups excluding carboxylic acids is 5. The Balaban J connectivity index is 0.00000452. The Kier molecular flexibility index (Phi) is 16.7. The van der Waals surface area contributed by atoms with E-state index in [-0.39, 0.29) is 36.9 Å². The lowest BCUT2D eigenvalue weighted by Crippen LogP contribution is -2.62. The van der Waals surface area contributed by atoms with Crippen molar-refractivity contribution in [3.8, 4) is 0 Å². The van der Waals surface area contributed by atoms with Crippen molar-refractivity contribution in [2.75, 3.05) is 13.7 Å². The summed E-state index contributed by atoms with van der Waals surface area (Å²) < 4.78 is 4.83. The first-order valence-corrected chi connectivity index (χ1v) is 15.3. The minimum Gasteiger partial charge on any atom is -0.468 e. The Morgan fingerprint density at radius 3 is 2.16 bits per heavy atom. The van der Waals surface area contributed by atoms with Gasteiger partial charge in [0.05, 0.1) is 19.1 Å². The van der Waals surface area contributed by atoms with E-state index >= 15 is 0 Å². The standard InChI is InChI=1S/C30H46N4O7.C2H6/c1-18(2)25(32-27(37)22(15-14-20(5)35)26(36)19(3)4)28(38)31-24(17-21-11-8-7-9-12-21)29(39)34-16-10-13-23(33-34)30(40)41-6;1-2/h7-9,11-12,18-19,22-26,33,36H,10,13-17H2,1-6H3,(H,31,38)(H,32,37);1-2H3. The highest BCUT2D eigenvalue weighted by Crippen LogP contribution is 2.20. The van der Waals surface area contributed by atoms with E-state index in [4.69, 9.17) is 4.74 Å². The summed E-state index contributed by atoms with van der Waals surface area (Å²) in [4.78, 5) is 64.3. The largest absolute Gasteiger partial charge is 0.468 e. The highest BCUT2D eigenvalue weighted by Gasteiger charge is 2.36. The van der Waals surface area contributed by atoms with Crippen LogP contribution in [0.25, 0.3) is 0 Å². The van der Waals surface area contributed by atoms with Crippen LogP contribution in [0.5, 0.6) is 0 Å². The van der Waals surface area contributed by atoms with Gasteiger partial charge in [-0.1, -0.05) is 71.9 Å². The monoisotopic (exact) mass is 604 g/mol. The smallest absolute Gasteiger partial charge is 0.324 e. The predicted molar refractivity (Wildman–Crippen MR) is 164 cm³/mol. The number of benzene rings is 1. The van der Waals surface area contributed by atoms with Crippen LogP contribution in [-0.2, 0) is 35.1 Å². The molecule has 1 aromatic rings. The molecule has 1 aliphatic rings. The molecule has 1 aromatic carbocycles. The van der Waals surface area contributed by atoms with Crippen molar-refractivity contribution in [1.29, 1.82) is 0 Å². The molecule has 0 aromatic heterocycles. The Bertz CT molecular complexity index is 1050. The third kappa shape index (κ3) is 12.1. The number of ketones is 1. The van der Waals surface area contributed by atoms with Crippen molar-refractivity contribution < 1.29 is 33.8 Å². The summed E-state index contributed by atoms with van der Waals surface area (Å²) in [7, 11) is 1.29. The maximum Gasteiger partial charge on any atom is 0.324 e. The molecule has 1 saturated heterocycles. The number of hydrazine groups is 1. The number of aliphatic hydroxyl groups is 1. The molecule has 2 rings (SSSR count). The van der Waals surface area contributed by atoms with E-state index < -0.39 is 53.8 Å². The van der Waals surface area contributed by atoms with Gasteiger partial charge in [0, 0.05) is 19.4 Å². The number of carbonyl (C=O) groups is 5. The second-order valence-corrected chi connectivity index (χ2v) is 11.4. The number of Topliss-reactive ketones (excluding diaryl/α,β-unsaturated/α-hetero) is 1. The summed E-state index contributed by atoms with van der Waals surface area (Å²) in [5.74, 6) is -3.51. The van der Waals surface area contributed by atoms with E-state index in [1.165, 1.54) is 19.0 Å². The van der Waals surface area contributed by atoms with Gasteiger partial charge in [-0.25, -0.2) is 5.43 Å². The van der Waals surface area contributed by atoms with Gasteiger partial charge in [-0.3, -0.25) is 24.2 Å². The second kappa shape index (κ2) is 19.1. The summed E-state index contributed by atoms with van der Waals surface area (Å²) in [6.45, 7) is 12.9. The molecule has 1 heterocycles. The van der Waals surface area contributed by atoms with Crippen molar-refractivity contribution in [2.24, 2.45) is 17.8 Å². The highest BCUT2D eigenvalue weighted by molar-refractivity contribution is 5.93. The lowest BCUT2D eigenvalue weighted by molar-refractivity contribution is -0.151. The quantitative estimate of drug-likeness (QED) is 0.236. The van der Waals surface area contributed by atoms with Crippen LogP contribution in [-0.4, -0.2) is 77.5 Å². The molecule has 11 heteroatoms. The van der Waals surface area contributed by atoms with Crippen molar-refractivity contribution in [1.82, 2.24) is 21.1 Å². The summed E-state index contributed by atoms with van der Waals surface area (Å²) in [6, 6.07) is 6.57. The number of aliphatic hydroxyl groups excluding tert-OH is 1. The summed E-state index contributed by atoms with van der Waals surface area (Å²) >= 11 is 0. The molecule has 11 nitrogen and oxygen atoms in total. The van der Waals surface area contributed by atoms with Gasteiger partial charge in [-0.15, -0.1) is 0 Å². The first-order valence-electron chi connectivity index (χ1n) is 15.3. The Morgan fingerprint density at radius 1 is 1.00 bits per heavy atom. The molecule has 0 aliphatic carbocycles. The predicted octanol–water partition coefficient (Wildman–Crippen LogP) is 2.55. The zero-order chi connectivity index (χ0) is 32.7. The number of amides is 3. The number of hydrogen-bond acceptors (Lipinski definition) is 8. The zero-order valence-electron chi connectivity index (χ0n) is 27.0. The fourth-order valence-electron chi connectivity index (χ4n) is 4.83. The van der Waals surface area contributed by atoms with Gasteiger partial charge in [-0.05, 0) is 43.6 Å². The van der Waals surface area contributed by atoms with Gasteiger partial charge < -0.3 is 25.3 Å². The van der Waals surface area contributed by atoms with E-state index in [2.05, 4.69) is 16.1 Å². The van der Waals surface area contributed by atoms with Gasteiger partial charge >= 0.3 is 5.97 Å². The van der Waals surface area contributed by atoms with Crippen molar-refractivity contribution >= 4 is 29.5 Å². The van der Waals surface area contributed by atoms with Gasteiger partial charge in [0.2, 0.25) is 11.8 Å². The molecule has 5 atom stereocenters. The summed E-state index contributed by atoms with van der Waals surface area (Å²) in [5.41, 5.74) is 3.74. The molecule has 0 saturated carbocycles. The molecule has 0 bridgehead atoms. The maximum absolute atomic E-state index is 13.7. The molecule has 1 fully saturated rings. The number of ether oxygens (including phenoxy) is 1. The van der Waals surface area contributed by atoms with E-state index in [0.717, 1.165) is 5.56 Å². The topological polar surface area (TPSA) is 154 Å². The highest BCUT2D eigenvalue weighted by atomic mass is 16.5. The van der Waals surface area contributed by atoms with Crippen LogP contribution in [0.15, 0.2) is 30.3 Å². The van der Waals surface area contributed by atoms with Gasteiger partial charge in [-0.2, -0.15) is 0 Å². The normalized spacial score (nSPS) is 17.6. The fourth-order valence-corrected chi connectivity index (χ4v) is 4.83. The molecule has 242 valence electrons. The molecule has 0 radical (unpaired) electrons. The second-order valence-electron chi connectivity index (χ2n) is 11.4. The number of nitrogens with one attached hydrogen (secondary N) is 3. The number of hydrogen-bond donors (Lipinski definition) is 4. The van der Waals surface area contributed by atoms with Crippen LogP contribution in [0, 0.1) is 17.8 Å². The third-order valence-corrected chi connectivity index (χ3v) is 7.32. The summed E-state index contributed by atoms with van der Waals surface area (Å²) in [5, 5.41) is 17.6. The number of nitrogens with zero attached hydrogens (tertiary/aromatic N) is 1. The van der Waals surface area contributed by atoms with Crippen LogP contribution in [0.4, 0.5) is 0 Å². The van der Waals surface area contributed by atoms with Crippen LogP contribution in [0.2, 0.25) is 0 Å². The number of esters is 1. The van der Waals surface area contributed by atoms with Crippen molar-refractivity contribution in [3.63, 3.8) is 0 Å². The molecule has 3 amide bonds. The van der Waals surface area contributed by atoms with Gasteiger partial charge in [0.25, 0.3) is 5.91 Å². The van der Waals surface area contributed by atoms with Crippen LogP contribution < -0.4 is 16.1 Å². The van der Waals surface area contributed by atoms with Crippen LogP contribution in [0.1, 0.15) is 79.7 Å². The molecule has 5 unspecified atom stereocenters. The minimum atomic E-state index is -0.995. The maximum atomic E-state index is 13.7. The van der Waals surface area contributed by atoms with Crippen molar-refractivity contribution in [2.45, 2.75) is 105 Å². The molecule has 1 aliphatic heterocycles. The van der Waals surface area contributed by atoms with Crippen LogP contribution in [0.3, 0.4) is 0 Å². The van der Waals surface area contributed by atoms with Gasteiger partial charge in [0.1, 0.15) is 23.9 Å². The first kappa shape index (κ1) is 37.7. The van der Waals surface area contributed by atoms with E-state index in [0.29, 0.717) is 19.4 Å². The van der Waals surface area contributed by atoms with Gasteiger partial charge in [0.15, 0.2) is 0 Å². The number of rotatable bonds is 14. The van der Waals surface area contributed by atoms with Crippen molar-refractivity contribution in [3.05, 3.63) is 35.9 Å². The van der Waals surface area contributed by atoms with E-state index in [9.17, 15) is 29.1 Å². The van der Waals surface area contributed by atoms with E-state index in [1.807, 2.05) is 44.2 Å². The average molecular weight is 605 g/mol. The fraction of sp³-hybridized carbons (Fsp3) is 0.656. The Hall–Kier alpha value is -3.31. The zero-order valence-corrected chi connectivity index (χ0v) is 27.0. The molecule has 4 N–H and O–H groups in total. The SMILES string of the molecule is CC.COC(=O)C1CCCN(C(=O)C(Cc2ccccc2)NC(=O)C(NC(=O)C(CCC(C)=O)C(O)C(C)C)C(C)C)N1. The molecular formula is C32H52N4O7. The first-order chi connectivity index (χ1) is 20.3. The Labute approximate surface area is 256 Å².